The zero-order valence-electron chi connectivity index (χ0n) is 6.02. The number of carbonyl (C=O) groups excluding carboxylic acids is 1. The first-order valence-electron chi connectivity index (χ1n) is 3.37. The van der Waals surface area contributed by atoms with Crippen LogP contribution in [0.4, 0.5) is 0 Å². The number of amides is 1. The highest BCUT2D eigenvalue weighted by Gasteiger charge is 2.17. The molecule has 1 heterocycles. The Labute approximate surface area is 67.4 Å². The third-order valence-corrected chi connectivity index (χ3v) is 1.66. The van der Waals surface area contributed by atoms with E-state index >= 15 is 0 Å². The average molecular weight is 163 g/mol. The fourth-order valence-corrected chi connectivity index (χ4v) is 1.13. The van der Waals surface area contributed by atoms with Crippen molar-refractivity contribution >= 4 is 11.7 Å². The molecule has 0 fully saturated rings. The molecule has 0 aliphatic carbocycles. The van der Waals surface area contributed by atoms with Gasteiger partial charge in [0.25, 0.3) is 0 Å². The van der Waals surface area contributed by atoms with Crippen LogP contribution in [0, 0.1) is 0 Å². The molecule has 0 atom stereocenters. The second-order valence-electron chi connectivity index (χ2n) is 2.35. The molecule has 0 radical (unpaired) electrons. The Morgan fingerprint density at radius 1 is 1.33 bits per heavy atom. The van der Waals surface area contributed by atoms with Crippen LogP contribution in [0.5, 0.6) is 0 Å². The molecule has 0 bridgehead atoms. The Balaban J connectivity index is 2.88. The summed E-state index contributed by atoms with van der Waals surface area (Å²) in [5.74, 6) is -0.649. The summed E-state index contributed by atoms with van der Waals surface area (Å²) in [7, 11) is 0. The van der Waals surface area contributed by atoms with Gasteiger partial charge in [-0.3, -0.25) is 4.79 Å². The monoisotopic (exact) mass is 163 g/mol. The van der Waals surface area contributed by atoms with Gasteiger partial charge in [0.1, 0.15) is 0 Å². The van der Waals surface area contributed by atoms with E-state index in [4.69, 9.17) is 5.26 Å². The van der Waals surface area contributed by atoms with Crippen molar-refractivity contribution in [3.8, 4) is 0 Å². The summed E-state index contributed by atoms with van der Waals surface area (Å²) in [6.07, 6.45) is 0. The number of fused-ring (bicyclic) bond motifs is 1. The van der Waals surface area contributed by atoms with Crippen LogP contribution in [0.25, 0.3) is 5.76 Å². The minimum atomic E-state index is -0.543. The van der Waals surface area contributed by atoms with E-state index in [9.17, 15) is 4.79 Å². The topological polar surface area (TPSA) is 58.9 Å². The molecule has 2 rings (SSSR count). The van der Waals surface area contributed by atoms with Crippen molar-refractivity contribution in [1.82, 2.24) is 0 Å². The highest BCUT2D eigenvalue weighted by atomic mass is 17.1. The van der Waals surface area contributed by atoms with Gasteiger partial charge >= 0.3 is 5.91 Å². The maximum Gasteiger partial charge on any atom is 0.317 e. The van der Waals surface area contributed by atoms with E-state index in [-0.39, 0.29) is 5.76 Å². The van der Waals surface area contributed by atoms with Crippen molar-refractivity contribution < 1.29 is 14.9 Å². The number of hydrogen-bond acceptors (Lipinski definition) is 3. The Bertz CT molecular complexity index is 450. The first-order chi connectivity index (χ1) is 5.83. The van der Waals surface area contributed by atoms with E-state index in [1.165, 1.54) is 0 Å². The molecule has 1 amide bonds. The lowest BCUT2D eigenvalue weighted by molar-refractivity contribution is -0.176. The van der Waals surface area contributed by atoms with Crippen LogP contribution in [0.1, 0.15) is 0 Å². The molecular formula is C8H5NO3. The van der Waals surface area contributed by atoms with Gasteiger partial charge in [0.2, 0.25) is 5.76 Å². The zero-order chi connectivity index (χ0) is 8.55. The Kier molecular flexibility index (Phi) is 1.41. The number of hydrogen-bond donors (Lipinski definition) is 1. The lowest BCUT2D eigenvalue weighted by Crippen LogP contribution is -2.22. The van der Waals surface area contributed by atoms with Gasteiger partial charge in [-0.05, 0) is 12.1 Å². The predicted molar refractivity (Wildman–Crippen MR) is 39.4 cm³/mol. The van der Waals surface area contributed by atoms with Gasteiger partial charge in [-0.25, -0.2) is 10.2 Å². The van der Waals surface area contributed by atoms with Crippen LogP contribution in [-0.4, -0.2) is 11.2 Å². The van der Waals surface area contributed by atoms with Crippen LogP contribution >= 0.6 is 0 Å². The van der Waals surface area contributed by atoms with E-state index in [1.54, 1.807) is 24.3 Å². The number of carbonyl (C=O) groups is 1. The van der Waals surface area contributed by atoms with Crippen LogP contribution in [0.15, 0.2) is 29.3 Å². The highest BCUT2D eigenvalue weighted by Crippen LogP contribution is 1.98. The summed E-state index contributed by atoms with van der Waals surface area (Å²) in [4.78, 5) is 18.5. The Hall–Kier alpha value is -1.68. The van der Waals surface area contributed by atoms with Crippen molar-refractivity contribution in [3.63, 3.8) is 0 Å². The van der Waals surface area contributed by atoms with Gasteiger partial charge in [-0.15, -0.1) is 0 Å². The number of para-hydroxylation sites is 1. The molecule has 1 aliphatic heterocycles. The van der Waals surface area contributed by atoms with Crippen molar-refractivity contribution in [2.75, 3.05) is 0 Å². The zero-order valence-corrected chi connectivity index (χ0v) is 6.02. The minimum Gasteiger partial charge on any atom is -0.333 e. The van der Waals surface area contributed by atoms with Crippen molar-refractivity contribution in [3.05, 3.63) is 34.8 Å². The van der Waals surface area contributed by atoms with Gasteiger partial charge in [0.05, 0.1) is 10.6 Å². The maximum absolute atomic E-state index is 11.0. The summed E-state index contributed by atoms with van der Waals surface area (Å²) in [6, 6.07) is 6.84. The number of benzene rings is 1. The van der Waals surface area contributed by atoms with E-state index in [1.807, 2.05) is 0 Å². The molecule has 4 nitrogen and oxygen atoms in total. The van der Waals surface area contributed by atoms with Crippen LogP contribution in [0.3, 0.4) is 0 Å². The summed E-state index contributed by atoms with van der Waals surface area (Å²) < 4.78 is 0. The van der Waals surface area contributed by atoms with Gasteiger partial charge < -0.3 is 4.89 Å². The molecule has 1 N–H and O–H groups in total. The highest BCUT2D eigenvalue weighted by molar-refractivity contribution is 6.12. The molecule has 0 aromatic heterocycles. The first-order valence-corrected chi connectivity index (χ1v) is 3.37. The Morgan fingerprint density at radius 3 is 2.83 bits per heavy atom. The fraction of sp³-hybridized carbons (Fsp3) is 0. The summed E-state index contributed by atoms with van der Waals surface area (Å²) in [5, 5.41) is 9.43. The van der Waals surface area contributed by atoms with Gasteiger partial charge in [0.15, 0.2) is 0 Å². The number of nitrogens with zero attached hydrogens (tertiary/aromatic N) is 1. The van der Waals surface area contributed by atoms with Crippen LogP contribution < -0.4 is 10.6 Å². The molecule has 0 spiro atoms. The van der Waals surface area contributed by atoms with Gasteiger partial charge in [0, 0.05) is 0 Å². The van der Waals surface area contributed by atoms with E-state index in [0.717, 1.165) is 0 Å². The summed E-state index contributed by atoms with van der Waals surface area (Å²) >= 11 is 0. The number of rotatable bonds is 1. The molecular weight excluding hydrogens is 158 g/mol. The quantitative estimate of drug-likeness (QED) is 0.446. The van der Waals surface area contributed by atoms with Crippen LogP contribution in [-0.2, 0) is 9.68 Å². The smallest absolute Gasteiger partial charge is 0.317 e. The lowest BCUT2D eigenvalue weighted by atomic mass is 10.3. The maximum atomic E-state index is 11.0. The lowest BCUT2D eigenvalue weighted by Gasteiger charge is -1.90. The first kappa shape index (κ1) is 7.00. The van der Waals surface area contributed by atoms with E-state index < -0.39 is 5.91 Å². The molecule has 1 aliphatic rings. The normalized spacial score (nSPS) is 14.1. The molecule has 0 saturated carbocycles. The third kappa shape index (κ3) is 0.820. The Morgan fingerprint density at radius 2 is 2.08 bits per heavy atom. The second-order valence-corrected chi connectivity index (χ2v) is 2.35. The average Bonchev–Trinajstić information content (AvgIpc) is 2.40. The minimum absolute atomic E-state index is 0.106. The third-order valence-electron chi connectivity index (χ3n) is 1.66. The van der Waals surface area contributed by atoms with Crippen molar-refractivity contribution in [1.29, 1.82) is 0 Å². The van der Waals surface area contributed by atoms with Gasteiger partial charge in [-0.1, -0.05) is 12.1 Å². The van der Waals surface area contributed by atoms with Gasteiger partial charge in [-0.2, -0.15) is 0 Å². The molecule has 1 aromatic carbocycles. The second kappa shape index (κ2) is 2.42. The SMILES string of the molecule is O=C1N=c2ccccc2=C1OO. The van der Waals surface area contributed by atoms with Crippen molar-refractivity contribution in [2.24, 2.45) is 4.99 Å². The molecule has 1 aromatic rings. The molecule has 12 heavy (non-hydrogen) atoms. The standard InChI is InChI=1S/C8H5NO3/c10-8-7(12-11)5-3-1-2-4-6(5)9-8/h1-4,11H. The molecule has 4 heteroatoms. The van der Waals surface area contributed by atoms with E-state index in [2.05, 4.69) is 9.88 Å². The molecule has 0 saturated heterocycles. The van der Waals surface area contributed by atoms with E-state index in [0.29, 0.717) is 10.6 Å². The molecule has 60 valence electrons. The largest absolute Gasteiger partial charge is 0.333 e. The molecule has 0 unspecified atom stereocenters. The fourth-order valence-electron chi connectivity index (χ4n) is 1.13. The summed E-state index contributed by atoms with van der Waals surface area (Å²) in [6.45, 7) is 0. The van der Waals surface area contributed by atoms with Crippen LogP contribution in [0.2, 0.25) is 0 Å². The van der Waals surface area contributed by atoms with Crippen molar-refractivity contribution in [2.45, 2.75) is 0 Å². The summed E-state index contributed by atoms with van der Waals surface area (Å²) in [5.41, 5.74) is 0. The predicted octanol–water partition coefficient (Wildman–Crippen LogP) is -0.556.